The minimum atomic E-state index is -3.80. The lowest BCUT2D eigenvalue weighted by molar-refractivity contribution is -0.122. The van der Waals surface area contributed by atoms with Gasteiger partial charge in [0.05, 0.1) is 14.9 Å². The summed E-state index contributed by atoms with van der Waals surface area (Å²) in [5, 5.41) is 8.49. The molecule has 0 radical (unpaired) electrons. The Morgan fingerprint density at radius 1 is 1.17 bits per heavy atom. The lowest BCUT2D eigenvalue weighted by atomic mass is 10.1. The molecule has 126 valence electrons. The van der Waals surface area contributed by atoms with Crippen LogP contribution in [0.4, 0.5) is 5.69 Å². The summed E-state index contributed by atoms with van der Waals surface area (Å²) in [5.74, 6) is 0.0819. The van der Waals surface area contributed by atoms with Gasteiger partial charge in [0.25, 0.3) is 5.91 Å². The number of hydrogen-bond acceptors (Lipinski definition) is 4. The van der Waals surface area contributed by atoms with Crippen LogP contribution in [0.15, 0.2) is 41.3 Å². The van der Waals surface area contributed by atoms with E-state index in [2.05, 4.69) is 5.32 Å². The third-order valence-electron chi connectivity index (χ3n) is 3.51. The van der Waals surface area contributed by atoms with Crippen LogP contribution in [0.1, 0.15) is 5.56 Å². The minimum Gasteiger partial charge on any atom is -0.480 e. The SMILES string of the molecule is NS(=O)(=O)c1ccc2c(c1)CC(C(=O)Nc1ccc(Cl)c(Cl)c1)O2. The van der Waals surface area contributed by atoms with E-state index < -0.39 is 16.1 Å². The number of nitrogens with two attached hydrogens (primary N) is 1. The second kappa shape index (κ2) is 6.25. The van der Waals surface area contributed by atoms with Crippen LogP contribution in [0, 0.1) is 0 Å². The summed E-state index contributed by atoms with van der Waals surface area (Å²) in [6, 6.07) is 8.96. The van der Waals surface area contributed by atoms with Gasteiger partial charge in [0.15, 0.2) is 6.10 Å². The number of anilines is 1. The number of carbonyl (C=O) groups is 1. The third kappa shape index (κ3) is 3.49. The number of ether oxygens (including phenoxy) is 1. The molecule has 1 atom stereocenters. The Hall–Kier alpha value is -1.80. The number of primary sulfonamides is 1. The van der Waals surface area contributed by atoms with Crippen molar-refractivity contribution in [2.75, 3.05) is 5.32 Å². The van der Waals surface area contributed by atoms with Gasteiger partial charge in [-0.1, -0.05) is 23.2 Å². The Kier molecular flexibility index (Phi) is 4.44. The van der Waals surface area contributed by atoms with E-state index in [1.54, 1.807) is 12.1 Å². The Balaban J connectivity index is 1.75. The fourth-order valence-electron chi connectivity index (χ4n) is 2.34. The molecule has 24 heavy (non-hydrogen) atoms. The third-order valence-corrected chi connectivity index (χ3v) is 5.16. The molecule has 0 fully saturated rings. The van der Waals surface area contributed by atoms with E-state index in [1.807, 2.05) is 0 Å². The smallest absolute Gasteiger partial charge is 0.265 e. The van der Waals surface area contributed by atoms with Crippen LogP contribution < -0.4 is 15.2 Å². The Morgan fingerprint density at radius 2 is 1.92 bits per heavy atom. The quantitative estimate of drug-likeness (QED) is 0.846. The van der Waals surface area contributed by atoms with Crippen molar-refractivity contribution in [2.45, 2.75) is 17.4 Å². The van der Waals surface area contributed by atoms with Gasteiger partial charge in [-0.25, -0.2) is 13.6 Å². The van der Waals surface area contributed by atoms with Crippen LogP contribution in [-0.2, 0) is 21.2 Å². The molecule has 0 saturated carbocycles. The summed E-state index contributed by atoms with van der Waals surface area (Å²) in [5.41, 5.74) is 1.09. The summed E-state index contributed by atoms with van der Waals surface area (Å²) < 4.78 is 28.3. The van der Waals surface area contributed by atoms with Gasteiger partial charge in [-0.15, -0.1) is 0 Å². The zero-order valence-corrected chi connectivity index (χ0v) is 14.5. The van der Waals surface area contributed by atoms with Crippen LogP contribution in [0.5, 0.6) is 5.75 Å². The topological polar surface area (TPSA) is 98.5 Å². The summed E-state index contributed by atoms with van der Waals surface area (Å²) in [7, 11) is -3.80. The monoisotopic (exact) mass is 386 g/mol. The van der Waals surface area contributed by atoms with Crippen molar-refractivity contribution < 1.29 is 17.9 Å². The van der Waals surface area contributed by atoms with Crippen molar-refractivity contribution in [1.29, 1.82) is 0 Å². The van der Waals surface area contributed by atoms with Crippen molar-refractivity contribution in [3.8, 4) is 5.75 Å². The molecule has 1 unspecified atom stereocenters. The second-order valence-electron chi connectivity index (χ2n) is 5.24. The molecule has 1 amide bonds. The predicted molar refractivity (Wildman–Crippen MR) is 91.0 cm³/mol. The van der Waals surface area contributed by atoms with Crippen molar-refractivity contribution in [1.82, 2.24) is 0 Å². The molecule has 0 aliphatic carbocycles. The van der Waals surface area contributed by atoms with Crippen molar-refractivity contribution in [3.63, 3.8) is 0 Å². The van der Waals surface area contributed by atoms with Crippen LogP contribution in [-0.4, -0.2) is 20.4 Å². The predicted octanol–water partition coefficient (Wildman–Crippen LogP) is 2.58. The summed E-state index contributed by atoms with van der Waals surface area (Å²) in [6.45, 7) is 0. The molecule has 6 nitrogen and oxygen atoms in total. The molecule has 0 aromatic heterocycles. The highest BCUT2D eigenvalue weighted by atomic mass is 35.5. The first-order valence-electron chi connectivity index (χ1n) is 6.82. The van der Waals surface area contributed by atoms with E-state index in [0.717, 1.165) is 0 Å². The number of nitrogens with one attached hydrogen (secondary N) is 1. The van der Waals surface area contributed by atoms with Gasteiger partial charge in [0.2, 0.25) is 10.0 Å². The van der Waals surface area contributed by atoms with E-state index >= 15 is 0 Å². The molecule has 1 aliphatic rings. The first-order valence-corrected chi connectivity index (χ1v) is 9.12. The number of fused-ring (bicyclic) bond motifs is 1. The van der Waals surface area contributed by atoms with Crippen LogP contribution in [0.2, 0.25) is 10.0 Å². The van der Waals surface area contributed by atoms with Gasteiger partial charge < -0.3 is 10.1 Å². The fourth-order valence-corrected chi connectivity index (χ4v) is 3.21. The van der Waals surface area contributed by atoms with Gasteiger partial charge in [-0.05, 0) is 42.0 Å². The maximum atomic E-state index is 12.3. The van der Waals surface area contributed by atoms with Gasteiger partial charge in [0, 0.05) is 12.1 Å². The summed E-state index contributed by atoms with van der Waals surface area (Å²) in [6.07, 6.45) is -0.531. The lowest BCUT2D eigenvalue weighted by Crippen LogP contribution is -2.31. The highest BCUT2D eigenvalue weighted by molar-refractivity contribution is 7.89. The van der Waals surface area contributed by atoms with E-state index in [1.165, 1.54) is 24.3 Å². The van der Waals surface area contributed by atoms with Crippen LogP contribution in [0.25, 0.3) is 0 Å². The van der Waals surface area contributed by atoms with Crippen molar-refractivity contribution in [2.24, 2.45) is 5.14 Å². The molecule has 0 spiro atoms. The number of hydrogen-bond donors (Lipinski definition) is 2. The highest BCUT2D eigenvalue weighted by Gasteiger charge is 2.30. The average Bonchev–Trinajstić information content (AvgIpc) is 2.93. The molecule has 3 rings (SSSR count). The van der Waals surface area contributed by atoms with E-state index in [9.17, 15) is 13.2 Å². The minimum absolute atomic E-state index is 0.0182. The molecular formula is C15H12Cl2N2O4S. The van der Waals surface area contributed by atoms with E-state index in [0.29, 0.717) is 27.0 Å². The average molecular weight is 387 g/mol. The number of halogens is 2. The molecule has 0 saturated heterocycles. The second-order valence-corrected chi connectivity index (χ2v) is 7.62. The molecule has 2 aromatic rings. The molecule has 1 heterocycles. The first kappa shape index (κ1) is 17.0. The van der Waals surface area contributed by atoms with Crippen LogP contribution >= 0.6 is 23.2 Å². The van der Waals surface area contributed by atoms with Gasteiger partial charge in [0.1, 0.15) is 5.75 Å². The zero-order chi connectivity index (χ0) is 17.5. The Labute approximate surface area is 148 Å². The van der Waals surface area contributed by atoms with Gasteiger partial charge in [-0.2, -0.15) is 0 Å². The maximum absolute atomic E-state index is 12.3. The van der Waals surface area contributed by atoms with Crippen molar-refractivity contribution >= 4 is 44.8 Å². The normalized spacial score (nSPS) is 16.4. The maximum Gasteiger partial charge on any atom is 0.265 e. The van der Waals surface area contributed by atoms with Gasteiger partial charge >= 0.3 is 0 Å². The molecular weight excluding hydrogens is 375 g/mol. The largest absolute Gasteiger partial charge is 0.480 e. The van der Waals surface area contributed by atoms with Gasteiger partial charge in [-0.3, -0.25) is 4.79 Å². The molecule has 2 aromatic carbocycles. The lowest BCUT2D eigenvalue weighted by Gasteiger charge is -2.11. The summed E-state index contributed by atoms with van der Waals surface area (Å²) in [4.78, 5) is 12.3. The Bertz CT molecular complexity index is 931. The number of amides is 1. The first-order chi connectivity index (χ1) is 11.2. The Morgan fingerprint density at radius 3 is 2.58 bits per heavy atom. The van der Waals surface area contributed by atoms with E-state index in [-0.39, 0.29) is 17.2 Å². The number of sulfonamides is 1. The van der Waals surface area contributed by atoms with E-state index in [4.69, 9.17) is 33.1 Å². The number of carbonyl (C=O) groups excluding carboxylic acids is 1. The van der Waals surface area contributed by atoms with Crippen LogP contribution in [0.3, 0.4) is 0 Å². The molecule has 1 aliphatic heterocycles. The van der Waals surface area contributed by atoms with Crippen molar-refractivity contribution in [3.05, 3.63) is 52.0 Å². The zero-order valence-electron chi connectivity index (χ0n) is 12.1. The highest BCUT2D eigenvalue weighted by Crippen LogP contribution is 2.31. The summed E-state index contributed by atoms with van der Waals surface area (Å²) >= 11 is 11.7. The molecule has 9 heteroatoms. The standard InChI is InChI=1S/C15H12Cl2N2O4S/c16-11-3-1-9(7-12(11)17)19-15(20)14-6-8-5-10(24(18,21)22)2-4-13(8)23-14/h1-5,7,14H,6H2,(H,19,20)(H2,18,21,22). The molecule has 3 N–H and O–H groups in total. The number of rotatable bonds is 3. The molecule has 0 bridgehead atoms. The fraction of sp³-hybridized carbons (Fsp3) is 0.133. The number of benzene rings is 2.